The second-order valence-electron chi connectivity index (χ2n) is 4.46. The average molecular weight is 272 g/mol. The number of hydrogen-bond acceptors (Lipinski definition) is 6. The highest BCUT2D eigenvalue weighted by molar-refractivity contribution is 5.60. The van der Waals surface area contributed by atoms with Crippen LogP contribution in [-0.4, -0.2) is 21.5 Å². The Kier molecular flexibility index (Phi) is 3.03. The summed E-state index contributed by atoms with van der Waals surface area (Å²) < 4.78 is 5.33. The van der Waals surface area contributed by atoms with Gasteiger partial charge in [0.05, 0.1) is 23.8 Å². The van der Waals surface area contributed by atoms with Crippen LogP contribution < -0.4 is 5.73 Å². The van der Waals surface area contributed by atoms with E-state index in [4.69, 9.17) is 10.5 Å². The van der Waals surface area contributed by atoms with Gasteiger partial charge in [-0.15, -0.1) is 0 Å². The molecule has 20 heavy (non-hydrogen) atoms. The SMILES string of the molecule is Nc1nc(-c2ccc([N+](=O)[O-])cc2)nc2c1COCC2. The Hall–Kier alpha value is -2.54. The van der Waals surface area contributed by atoms with Crippen LogP contribution in [0.15, 0.2) is 24.3 Å². The molecular weight excluding hydrogens is 260 g/mol. The second-order valence-corrected chi connectivity index (χ2v) is 4.46. The van der Waals surface area contributed by atoms with Gasteiger partial charge in [-0.25, -0.2) is 9.97 Å². The molecule has 0 radical (unpaired) electrons. The largest absolute Gasteiger partial charge is 0.383 e. The molecule has 0 unspecified atom stereocenters. The first-order chi connectivity index (χ1) is 9.65. The fourth-order valence-electron chi connectivity index (χ4n) is 2.12. The topological polar surface area (TPSA) is 104 Å². The van der Waals surface area contributed by atoms with E-state index < -0.39 is 4.92 Å². The van der Waals surface area contributed by atoms with Crippen molar-refractivity contribution in [3.05, 3.63) is 45.6 Å². The standard InChI is InChI=1S/C13H12N4O3/c14-12-10-7-20-6-5-11(10)15-13(16-12)8-1-3-9(4-2-8)17(18)19/h1-4H,5-7H2,(H2,14,15,16). The number of hydrogen-bond donors (Lipinski definition) is 1. The van der Waals surface area contributed by atoms with Crippen molar-refractivity contribution in [1.82, 2.24) is 9.97 Å². The van der Waals surface area contributed by atoms with Crippen LogP contribution in [-0.2, 0) is 17.8 Å². The van der Waals surface area contributed by atoms with Crippen LogP contribution in [0.5, 0.6) is 0 Å². The van der Waals surface area contributed by atoms with E-state index in [0.29, 0.717) is 36.8 Å². The molecule has 7 heteroatoms. The normalized spacial score (nSPS) is 13.8. The summed E-state index contributed by atoms with van der Waals surface area (Å²) in [6, 6.07) is 6.10. The van der Waals surface area contributed by atoms with E-state index in [9.17, 15) is 10.1 Å². The molecule has 0 amide bonds. The minimum Gasteiger partial charge on any atom is -0.383 e. The fourth-order valence-corrected chi connectivity index (χ4v) is 2.12. The Bertz CT molecular complexity index is 670. The molecule has 102 valence electrons. The lowest BCUT2D eigenvalue weighted by Crippen LogP contribution is -2.16. The lowest BCUT2D eigenvalue weighted by atomic mass is 10.1. The number of ether oxygens (including phenoxy) is 1. The van der Waals surface area contributed by atoms with Gasteiger partial charge in [0, 0.05) is 29.7 Å². The molecule has 1 aliphatic heterocycles. The predicted molar refractivity (Wildman–Crippen MR) is 71.9 cm³/mol. The molecular formula is C13H12N4O3. The van der Waals surface area contributed by atoms with Gasteiger partial charge in [0.2, 0.25) is 0 Å². The van der Waals surface area contributed by atoms with Gasteiger partial charge in [0.25, 0.3) is 5.69 Å². The van der Waals surface area contributed by atoms with Crippen molar-refractivity contribution in [2.45, 2.75) is 13.0 Å². The van der Waals surface area contributed by atoms with E-state index in [1.165, 1.54) is 12.1 Å². The first kappa shape index (κ1) is 12.5. The van der Waals surface area contributed by atoms with Crippen molar-refractivity contribution in [1.29, 1.82) is 0 Å². The first-order valence-electron chi connectivity index (χ1n) is 6.13. The lowest BCUT2D eigenvalue weighted by Gasteiger charge is -2.17. The van der Waals surface area contributed by atoms with Crippen LogP contribution in [0.3, 0.4) is 0 Å². The van der Waals surface area contributed by atoms with Crippen LogP contribution in [0.2, 0.25) is 0 Å². The Balaban J connectivity index is 2.01. The summed E-state index contributed by atoms with van der Waals surface area (Å²) in [7, 11) is 0. The molecule has 0 aliphatic carbocycles. The third-order valence-electron chi connectivity index (χ3n) is 3.19. The molecule has 0 bridgehead atoms. The monoisotopic (exact) mass is 272 g/mol. The molecule has 1 aliphatic rings. The molecule has 7 nitrogen and oxygen atoms in total. The molecule has 2 aromatic rings. The molecule has 0 spiro atoms. The van der Waals surface area contributed by atoms with Gasteiger partial charge in [0.1, 0.15) is 5.82 Å². The Morgan fingerprint density at radius 1 is 1.25 bits per heavy atom. The number of non-ortho nitro benzene ring substituents is 1. The zero-order valence-electron chi connectivity index (χ0n) is 10.6. The molecule has 2 N–H and O–H groups in total. The minimum atomic E-state index is -0.441. The van der Waals surface area contributed by atoms with Crippen LogP contribution in [0.1, 0.15) is 11.3 Å². The molecule has 1 aromatic heterocycles. The van der Waals surface area contributed by atoms with E-state index in [1.807, 2.05) is 0 Å². The number of anilines is 1. The van der Waals surface area contributed by atoms with Crippen molar-refractivity contribution in [2.24, 2.45) is 0 Å². The summed E-state index contributed by atoms with van der Waals surface area (Å²) in [5.74, 6) is 0.890. The van der Waals surface area contributed by atoms with Crippen molar-refractivity contribution in [2.75, 3.05) is 12.3 Å². The summed E-state index contributed by atoms with van der Waals surface area (Å²) in [6.07, 6.45) is 0.696. The summed E-state index contributed by atoms with van der Waals surface area (Å²) in [4.78, 5) is 18.9. The second kappa shape index (κ2) is 4.86. The predicted octanol–water partition coefficient (Wildman–Crippen LogP) is 1.71. The smallest absolute Gasteiger partial charge is 0.269 e. The number of aromatic nitrogens is 2. The number of nitrogens with zero attached hydrogens (tertiary/aromatic N) is 3. The number of benzene rings is 1. The minimum absolute atomic E-state index is 0.0353. The van der Waals surface area contributed by atoms with Crippen molar-refractivity contribution in [3.8, 4) is 11.4 Å². The Morgan fingerprint density at radius 2 is 2.00 bits per heavy atom. The van der Waals surface area contributed by atoms with Crippen molar-refractivity contribution < 1.29 is 9.66 Å². The van der Waals surface area contributed by atoms with Gasteiger partial charge < -0.3 is 10.5 Å². The number of nitrogens with two attached hydrogens (primary N) is 1. The first-order valence-corrected chi connectivity index (χ1v) is 6.13. The summed E-state index contributed by atoms with van der Waals surface area (Å²) in [5, 5.41) is 10.6. The van der Waals surface area contributed by atoms with Crippen LogP contribution in [0.25, 0.3) is 11.4 Å². The van der Waals surface area contributed by atoms with Gasteiger partial charge in [-0.1, -0.05) is 0 Å². The van der Waals surface area contributed by atoms with Crippen LogP contribution in [0.4, 0.5) is 11.5 Å². The summed E-state index contributed by atoms with van der Waals surface area (Å²) in [5.41, 5.74) is 8.38. The van der Waals surface area contributed by atoms with Crippen molar-refractivity contribution >= 4 is 11.5 Å². The molecule has 3 rings (SSSR count). The zero-order chi connectivity index (χ0) is 14.1. The summed E-state index contributed by atoms with van der Waals surface area (Å²) >= 11 is 0. The number of nitro benzene ring substituents is 1. The van der Waals surface area contributed by atoms with E-state index >= 15 is 0 Å². The molecule has 2 heterocycles. The molecule has 1 aromatic carbocycles. The molecule has 0 saturated carbocycles. The highest BCUT2D eigenvalue weighted by atomic mass is 16.6. The average Bonchev–Trinajstić information content (AvgIpc) is 2.47. The molecule has 0 saturated heterocycles. The number of nitrogen functional groups attached to an aromatic ring is 1. The van der Waals surface area contributed by atoms with Crippen LogP contribution in [0, 0.1) is 10.1 Å². The molecule has 0 atom stereocenters. The number of rotatable bonds is 2. The zero-order valence-corrected chi connectivity index (χ0v) is 10.6. The fraction of sp³-hybridized carbons (Fsp3) is 0.231. The van der Waals surface area contributed by atoms with Crippen molar-refractivity contribution in [3.63, 3.8) is 0 Å². The number of fused-ring (bicyclic) bond motifs is 1. The number of nitro groups is 1. The van der Waals surface area contributed by atoms with E-state index in [1.54, 1.807) is 12.1 Å². The van der Waals surface area contributed by atoms with E-state index in [0.717, 1.165) is 11.3 Å². The quantitative estimate of drug-likeness (QED) is 0.659. The van der Waals surface area contributed by atoms with Gasteiger partial charge in [-0.05, 0) is 12.1 Å². The van der Waals surface area contributed by atoms with Gasteiger partial charge in [-0.2, -0.15) is 0 Å². The van der Waals surface area contributed by atoms with Crippen LogP contribution >= 0.6 is 0 Å². The highest BCUT2D eigenvalue weighted by Gasteiger charge is 2.17. The Morgan fingerprint density at radius 3 is 2.70 bits per heavy atom. The third kappa shape index (κ3) is 2.19. The Labute approximate surface area is 114 Å². The summed E-state index contributed by atoms with van der Waals surface area (Å²) in [6.45, 7) is 1.05. The maximum atomic E-state index is 10.6. The van der Waals surface area contributed by atoms with Gasteiger partial charge in [0.15, 0.2) is 5.82 Å². The maximum Gasteiger partial charge on any atom is 0.269 e. The lowest BCUT2D eigenvalue weighted by molar-refractivity contribution is -0.384. The maximum absolute atomic E-state index is 10.6. The van der Waals surface area contributed by atoms with Gasteiger partial charge in [-0.3, -0.25) is 10.1 Å². The van der Waals surface area contributed by atoms with E-state index in [-0.39, 0.29) is 5.69 Å². The highest BCUT2D eigenvalue weighted by Crippen LogP contribution is 2.25. The molecule has 0 fully saturated rings. The van der Waals surface area contributed by atoms with Gasteiger partial charge >= 0.3 is 0 Å². The van der Waals surface area contributed by atoms with E-state index in [2.05, 4.69) is 9.97 Å². The third-order valence-corrected chi connectivity index (χ3v) is 3.19.